The highest BCUT2D eigenvalue weighted by atomic mass is 35.5. The molecule has 2 aromatic rings. The number of sulfone groups is 1. The lowest BCUT2D eigenvalue weighted by molar-refractivity contribution is -0.120. The van der Waals surface area contributed by atoms with Crippen LogP contribution in [0, 0.1) is 11.8 Å². The van der Waals surface area contributed by atoms with Crippen LogP contribution in [0.5, 0.6) is 5.75 Å². The van der Waals surface area contributed by atoms with Gasteiger partial charge in [0, 0.05) is 17.0 Å². The fourth-order valence-electron chi connectivity index (χ4n) is 2.99. The van der Waals surface area contributed by atoms with E-state index in [-0.39, 0.29) is 17.7 Å². The van der Waals surface area contributed by atoms with E-state index in [1.807, 2.05) is 0 Å². The maximum Gasteiger partial charge on any atom is 0.287 e. The Morgan fingerprint density at radius 2 is 1.84 bits per heavy atom. The van der Waals surface area contributed by atoms with Crippen molar-refractivity contribution in [2.45, 2.75) is 28.2 Å². The molecular formula is C21H17Cl2NO5S2. The monoisotopic (exact) mass is 497 g/mol. The second-order valence-electron chi connectivity index (χ2n) is 6.56. The minimum atomic E-state index is -4.17. The summed E-state index contributed by atoms with van der Waals surface area (Å²) in [6, 6.07) is 10.6. The second-order valence-corrected chi connectivity index (χ2v) is 11.1. The topological polar surface area (TPSA) is 89.5 Å². The van der Waals surface area contributed by atoms with Gasteiger partial charge in [-0.3, -0.25) is 14.9 Å². The van der Waals surface area contributed by atoms with Crippen molar-refractivity contribution in [3.8, 4) is 17.6 Å². The number of halogens is 2. The molecule has 1 unspecified atom stereocenters. The molecule has 1 aliphatic rings. The van der Waals surface area contributed by atoms with Crippen molar-refractivity contribution in [2.24, 2.45) is 0 Å². The van der Waals surface area contributed by atoms with E-state index in [0.29, 0.717) is 39.5 Å². The molecule has 1 heterocycles. The van der Waals surface area contributed by atoms with Crippen LogP contribution in [0.1, 0.15) is 24.8 Å². The van der Waals surface area contributed by atoms with Gasteiger partial charge in [0.15, 0.2) is 0 Å². The molecule has 2 amide bonds. The van der Waals surface area contributed by atoms with Crippen molar-refractivity contribution in [2.75, 3.05) is 7.11 Å². The Kier molecular flexibility index (Phi) is 7.22. The summed E-state index contributed by atoms with van der Waals surface area (Å²) >= 11 is 12.4. The number of hydrogen-bond donors (Lipinski definition) is 1. The van der Waals surface area contributed by atoms with Gasteiger partial charge in [-0.25, -0.2) is 8.42 Å². The van der Waals surface area contributed by atoms with Gasteiger partial charge < -0.3 is 4.74 Å². The maximum absolute atomic E-state index is 13.3. The van der Waals surface area contributed by atoms with E-state index in [9.17, 15) is 18.0 Å². The van der Waals surface area contributed by atoms with Gasteiger partial charge in [-0.15, -0.1) is 0 Å². The van der Waals surface area contributed by atoms with E-state index in [1.54, 1.807) is 18.2 Å². The largest absolute Gasteiger partial charge is 0.497 e. The fraction of sp³-hybridized carbons (Fsp3) is 0.238. The number of nitrogens with one attached hydrogen (secondary N) is 1. The number of amides is 2. The quantitative estimate of drug-likeness (QED) is 0.460. The van der Waals surface area contributed by atoms with Gasteiger partial charge in [0.2, 0.25) is 13.9 Å². The number of imide groups is 1. The van der Waals surface area contributed by atoms with E-state index in [1.165, 1.54) is 31.4 Å². The number of rotatable bonds is 6. The van der Waals surface area contributed by atoms with Crippen LogP contribution in [-0.2, 0) is 14.6 Å². The van der Waals surface area contributed by atoms with Gasteiger partial charge in [-0.05, 0) is 67.1 Å². The van der Waals surface area contributed by atoms with E-state index in [0.717, 1.165) is 0 Å². The average Bonchev–Trinajstić information content (AvgIpc) is 3.03. The first-order chi connectivity index (χ1) is 14.7. The lowest BCUT2D eigenvalue weighted by Gasteiger charge is -2.24. The summed E-state index contributed by atoms with van der Waals surface area (Å²) in [6.07, 6.45) is 0.509. The molecule has 1 atom stereocenters. The zero-order valence-corrected chi connectivity index (χ0v) is 19.4. The van der Waals surface area contributed by atoms with Gasteiger partial charge in [0.25, 0.3) is 11.1 Å². The molecular weight excluding hydrogens is 481 g/mol. The van der Waals surface area contributed by atoms with Crippen molar-refractivity contribution in [1.82, 2.24) is 5.32 Å². The number of thioether (sulfide) groups is 1. The third-order valence-electron chi connectivity index (χ3n) is 4.58. The normalized spacial score (nSPS) is 18.3. The second kappa shape index (κ2) is 9.53. The number of hydrogen-bond acceptors (Lipinski definition) is 6. The Morgan fingerprint density at radius 1 is 1.13 bits per heavy atom. The minimum Gasteiger partial charge on any atom is -0.497 e. The van der Waals surface area contributed by atoms with Crippen LogP contribution in [-0.4, -0.2) is 30.8 Å². The molecule has 0 saturated carbocycles. The molecule has 1 aliphatic heterocycles. The first-order valence-corrected chi connectivity index (χ1v) is 12.1. The molecule has 1 N–H and O–H groups in total. The predicted molar refractivity (Wildman–Crippen MR) is 121 cm³/mol. The number of unbranched alkanes of at least 4 members (excludes halogenated alkanes) is 1. The Balaban J connectivity index is 1.81. The summed E-state index contributed by atoms with van der Waals surface area (Å²) in [7, 11) is -2.71. The van der Waals surface area contributed by atoms with Gasteiger partial charge in [-0.1, -0.05) is 35.0 Å². The van der Waals surface area contributed by atoms with Gasteiger partial charge in [0.05, 0.1) is 17.0 Å². The van der Waals surface area contributed by atoms with Crippen molar-refractivity contribution in [3.63, 3.8) is 0 Å². The number of carbonyl (C=O) groups is 2. The molecule has 1 fully saturated rings. The van der Waals surface area contributed by atoms with Crippen molar-refractivity contribution >= 4 is 55.9 Å². The summed E-state index contributed by atoms with van der Waals surface area (Å²) < 4.78 is 29.8. The minimum absolute atomic E-state index is 0.0651. The summed E-state index contributed by atoms with van der Waals surface area (Å²) in [5.41, 5.74) is 0.592. The van der Waals surface area contributed by atoms with Gasteiger partial charge in [0.1, 0.15) is 5.75 Å². The van der Waals surface area contributed by atoms with Gasteiger partial charge >= 0.3 is 0 Å². The van der Waals surface area contributed by atoms with Crippen LogP contribution in [0.4, 0.5) is 4.79 Å². The number of ether oxygens (including phenoxy) is 1. The molecule has 0 radical (unpaired) electrons. The van der Waals surface area contributed by atoms with E-state index in [2.05, 4.69) is 17.2 Å². The smallest absolute Gasteiger partial charge is 0.287 e. The van der Waals surface area contributed by atoms with Gasteiger partial charge in [-0.2, -0.15) is 0 Å². The van der Waals surface area contributed by atoms with Crippen LogP contribution >= 0.6 is 35.0 Å². The number of carbonyl (C=O) groups excluding carboxylic acids is 2. The molecule has 1 saturated heterocycles. The Bertz CT molecular complexity index is 1190. The summed E-state index contributed by atoms with van der Waals surface area (Å²) in [6.45, 7) is 0. The third-order valence-corrected chi connectivity index (χ3v) is 9.20. The van der Waals surface area contributed by atoms with E-state index >= 15 is 0 Å². The molecule has 0 bridgehead atoms. The SMILES string of the molecule is COc1ccc(S(=O)(=O)C2(CCCC#Cc3ccc(Cl)cc3Cl)SC(=O)NC2=O)cc1. The molecule has 10 heteroatoms. The highest BCUT2D eigenvalue weighted by molar-refractivity contribution is 8.25. The summed E-state index contributed by atoms with van der Waals surface area (Å²) in [4.78, 5) is 24.4. The van der Waals surface area contributed by atoms with Crippen LogP contribution in [0.25, 0.3) is 0 Å². The molecule has 162 valence electrons. The third kappa shape index (κ3) is 4.85. The zero-order chi connectivity index (χ0) is 22.6. The van der Waals surface area contributed by atoms with Crippen molar-refractivity contribution < 1.29 is 22.7 Å². The molecule has 0 spiro atoms. The lowest BCUT2D eigenvalue weighted by atomic mass is 10.1. The standard InChI is InChI=1S/C21H17Cl2NO5S2/c1-29-16-8-10-17(11-9-16)31(27,28)21(19(25)24-20(26)30-21)12-4-2-3-5-14-6-7-15(22)13-18(14)23/h6-11,13H,2,4,12H2,1H3,(H,24,25,26). The van der Waals surface area contributed by atoms with Crippen molar-refractivity contribution in [1.29, 1.82) is 0 Å². The molecule has 0 aromatic heterocycles. The Labute approximate surface area is 194 Å². The first-order valence-electron chi connectivity index (χ1n) is 9.06. The average molecular weight is 498 g/mol. The highest BCUT2D eigenvalue weighted by Crippen LogP contribution is 2.44. The summed E-state index contributed by atoms with van der Waals surface area (Å²) in [5.74, 6) is 5.46. The maximum atomic E-state index is 13.3. The predicted octanol–water partition coefficient (Wildman–Crippen LogP) is 4.68. The van der Waals surface area contributed by atoms with E-state index < -0.39 is 25.1 Å². The van der Waals surface area contributed by atoms with E-state index in [4.69, 9.17) is 27.9 Å². The van der Waals surface area contributed by atoms with Crippen LogP contribution < -0.4 is 10.1 Å². The Morgan fingerprint density at radius 3 is 2.42 bits per heavy atom. The van der Waals surface area contributed by atoms with Crippen LogP contribution in [0.15, 0.2) is 47.4 Å². The van der Waals surface area contributed by atoms with Crippen LogP contribution in [0.3, 0.4) is 0 Å². The molecule has 6 nitrogen and oxygen atoms in total. The first kappa shape index (κ1) is 23.5. The van der Waals surface area contributed by atoms with Crippen molar-refractivity contribution in [3.05, 3.63) is 58.1 Å². The molecule has 3 rings (SSSR count). The number of methoxy groups -OCH3 is 1. The molecule has 2 aromatic carbocycles. The fourth-order valence-corrected chi connectivity index (χ4v) is 6.82. The number of benzene rings is 2. The Hall–Kier alpha value is -2.18. The highest BCUT2D eigenvalue weighted by Gasteiger charge is 2.57. The van der Waals surface area contributed by atoms with Crippen LogP contribution in [0.2, 0.25) is 10.0 Å². The summed E-state index contributed by atoms with van der Waals surface area (Å²) in [5, 5.41) is 2.31. The molecule has 0 aliphatic carbocycles. The zero-order valence-electron chi connectivity index (χ0n) is 16.3. The molecule has 31 heavy (non-hydrogen) atoms. The lowest BCUT2D eigenvalue weighted by Crippen LogP contribution is -2.43.